The van der Waals surface area contributed by atoms with Crippen LogP contribution in [0, 0.1) is 0 Å². The molecule has 0 aromatic carbocycles. The minimum atomic E-state index is 0.349. The van der Waals surface area contributed by atoms with Gasteiger partial charge in [0.15, 0.2) is 0 Å². The average Bonchev–Trinajstić information content (AvgIpc) is 2.21. The molecule has 86 valence electrons. The van der Waals surface area contributed by atoms with Gasteiger partial charge < -0.3 is 10.4 Å². The van der Waals surface area contributed by atoms with Crippen LogP contribution in [0.25, 0.3) is 0 Å². The van der Waals surface area contributed by atoms with Crippen molar-refractivity contribution in [3.8, 4) is 0 Å². The molecule has 0 radical (unpaired) electrons. The molecule has 0 aromatic heterocycles. The second-order valence-electron chi connectivity index (χ2n) is 3.59. The molecule has 14 heavy (non-hydrogen) atoms. The number of aliphatic hydroxyl groups excluding tert-OH is 1. The highest BCUT2D eigenvalue weighted by molar-refractivity contribution is 7.98. The molecule has 2 N–H and O–H groups in total. The molecular formula is C11H25NOS. The minimum Gasteiger partial charge on any atom is -0.396 e. The molecule has 0 rings (SSSR count). The van der Waals surface area contributed by atoms with E-state index in [0.29, 0.717) is 6.61 Å². The number of aliphatic hydroxyl groups is 1. The van der Waals surface area contributed by atoms with Crippen LogP contribution in [0.15, 0.2) is 0 Å². The summed E-state index contributed by atoms with van der Waals surface area (Å²) in [7, 11) is 0. The summed E-state index contributed by atoms with van der Waals surface area (Å²) in [5.74, 6) is 1.29. The minimum absolute atomic E-state index is 0.349. The molecule has 0 aliphatic heterocycles. The van der Waals surface area contributed by atoms with Gasteiger partial charge in [-0.1, -0.05) is 12.8 Å². The van der Waals surface area contributed by atoms with Crippen molar-refractivity contribution in [1.82, 2.24) is 5.32 Å². The van der Waals surface area contributed by atoms with Crippen molar-refractivity contribution in [3.05, 3.63) is 0 Å². The molecule has 0 atom stereocenters. The number of thioether (sulfide) groups is 1. The summed E-state index contributed by atoms with van der Waals surface area (Å²) in [6.45, 7) is 2.66. The summed E-state index contributed by atoms with van der Waals surface area (Å²) in [5.41, 5.74) is 0. The first kappa shape index (κ1) is 14.3. The molecule has 0 saturated carbocycles. The van der Waals surface area contributed by atoms with E-state index in [9.17, 15) is 0 Å². The lowest BCUT2D eigenvalue weighted by Gasteiger charge is -2.03. The van der Waals surface area contributed by atoms with E-state index in [1.807, 2.05) is 11.8 Å². The van der Waals surface area contributed by atoms with E-state index in [2.05, 4.69) is 11.6 Å². The Balaban J connectivity index is 2.78. The van der Waals surface area contributed by atoms with Gasteiger partial charge in [-0.15, -0.1) is 0 Å². The SMILES string of the molecule is CSCCCCNCCCCCCO. The van der Waals surface area contributed by atoms with E-state index in [1.165, 1.54) is 44.4 Å². The Hall–Kier alpha value is 0.270. The van der Waals surface area contributed by atoms with Crippen LogP contribution in [0.5, 0.6) is 0 Å². The van der Waals surface area contributed by atoms with Crippen LogP contribution in [0.4, 0.5) is 0 Å². The van der Waals surface area contributed by atoms with E-state index in [0.717, 1.165) is 13.0 Å². The van der Waals surface area contributed by atoms with Gasteiger partial charge in [-0.2, -0.15) is 11.8 Å². The molecule has 0 amide bonds. The maximum Gasteiger partial charge on any atom is 0.0431 e. The zero-order valence-electron chi connectivity index (χ0n) is 9.43. The van der Waals surface area contributed by atoms with Crippen LogP contribution < -0.4 is 5.32 Å². The molecular weight excluding hydrogens is 194 g/mol. The Kier molecular flexibility index (Phi) is 13.5. The van der Waals surface area contributed by atoms with E-state index < -0.39 is 0 Å². The lowest BCUT2D eigenvalue weighted by atomic mass is 10.2. The maximum absolute atomic E-state index is 8.57. The highest BCUT2D eigenvalue weighted by Crippen LogP contribution is 1.99. The first-order valence-corrected chi connectivity index (χ1v) is 7.11. The highest BCUT2D eigenvalue weighted by atomic mass is 32.2. The summed E-state index contributed by atoms with van der Waals surface area (Å²) in [6, 6.07) is 0. The maximum atomic E-state index is 8.57. The Morgan fingerprint density at radius 2 is 1.57 bits per heavy atom. The molecule has 0 aliphatic rings. The Morgan fingerprint density at radius 1 is 0.929 bits per heavy atom. The van der Waals surface area contributed by atoms with Crippen LogP contribution in [0.3, 0.4) is 0 Å². The van der Waals surface area contributed by atoms with E-state index in [1.54, 1.807) is 0 Å². The first-order chi connectivity index (χ1) is 6.91. The fourth-order valence-corrected chi connectivity index (χ4v) is 1.83. The zero-order chi connectivity index (χ0) is 10.5. The van der Waals surface area contributed by atoms with Crippen LogP contribution in [0.2, 0.25) is 0 Å². The van der Waals surface area contributed by atoms with Gasteiger partial charge in [0.1, 0.15) is 0 Å². The summed E-state index contributed by atoms with van der Waals surface area (Å²) in [5, 5.41) is 12.0. The second kappa shape index (κ2) is 13.3. The molecule has 0 heterocycles. The smallest absolute Gasteiger partial charge is 0.0431 e. The Bertz CT molecular complexity index is 89.3. The molecule has 0 aromatic rings. The summed E-state index contributed by atoms with van der Waals surface area (Å²) >= 11 is 1.93. The summed E-state index contributed by atoms with van der Waals surface area (Å²) in [4.78, 5) is 0. The van der Waals surface area contributed by atoms with E-state index >= 15 is 0 Å². The molecule has 0 aliphatic carbocycles. The van der Waals surface area contributed by atoms with Gasteiger partial charge in [0.2, 0.25) is 0 Å². The van der Waals surface area contributed by atoms with Crippen molar-refractivity contribution in [2.75, 3.05) is 31.7 Å². The van der Waals surface area contributed by atoms with Crippen molar-refractivity contribution in [1.29, 1.82) is 0 Å². The van der Waals surface area contributed by atoms with Gasteiger partial charge in [0.05, 0.1) is 0 Å². The van der Waals surface area contributed by atoms with Crippen LogP contribution in [-0.4, -0.2) is 36.8 Å². The number of unbranched alkanes of at least 4 members (excludes halogenated alkanes) is 4. The van der Waals surface area contributed by atoms with Crippen molar-refractivity contribution >= 4 is 11.8 Å². The quantitative estimate of drug-likeness (QED) is 0.523. The third-order valence-corrected chi connectivity index (χ3v) is 2.91. The lowest BCUT2D eigenvalue weighted by molar-refractivity contribution is 0.282. The van der Waals surface area contributed by atoms with Gasteiger partial charge in [-0.3, -0.25) is 0 Å². The zero-order valence-corrected chi connectivity index (χ0v) is 10.2. The van der Waals surface area contributed by atoms with E-state index in [-0.39, 0.29) is 0 Å². The van der Waals surface area contributed by atoms with Gasteiger partial charge in [0, 0.05) is 6.61 Å². The highest BCUT2D eigenvalue weighted by Gasteiger charge is 1.90. The first-order valence-electron chi connectivity index (χ1n) is 5.72. The van der Waals surface area contributed by atoms with Gasteiger partial charge in [-0.25, -0.2) is 0 Å². The van der Waals surface area contributed by atoms with Crippen LogP contribution >= 0.6 is 11.8 Å². The molecule has 2 nitrogen and oxygen atoms in total. The number of hydrogen-bond acceptors (Lipinski definition) is 3. The topological polar surface area (TPSA) is 32.3 Å². The van der Waals surface area contributed by atoms with Crippen molar-refractivity contribution in [3.63, 3.8) is 0 Å². The Labute approximate surface area is 92.9 Å². The fraction of sp³-hybridized carbons (Fsp3) is 1.00. The standard InChI is InChI=1S/C11H25NOS/c1-14-11-7-5-9-12-8-4-2-3-6-10-13/h12-13H,2-11H2,1H3. The predicted octanol–water partition coefficient (Wildman–Crippen LogP) is 2.27. The predicted molar refractivity (Wildman–Crippen MR) is 66.0 cm³/mol. The summed E-state index contributed by atoms with van der Waals surface area (Å²) in [6.07, 6.45) is 9.43. The molecule has 3 heteroatoms. The molecule has 0 unspecified atom stereocenters. The van der Waals surface area contributed by atoms with Crippen molar-refractivity contribution in [2.45, 2.75) is 38.5 Å². The molecule has 0 spiro atoms. The van der Waals surface area contributed by atoms with Gasteiger partial charge in [-0.05, 0) is 50.8 Å². The molecule has 0 fully saturated rings. The van der Waals surface area contributed by atoms with Gasteiger partial charge >= 0.3 is 0 Å². The number of nitrogens with one attached hydrogen (secondary N) is 1. The molecule has 0 saturated heterocycles. The number of hydrogen-bond donors (Lipinski definition) is 2. The monoisotopic (exact) mass is 219 g/mol. The fourth-order valence-electron chi connectivity index (χ4n) is 1.34. The van der Waals surface area contributed by atoms with Gasteiger partial charge in [0.25, 0.3) is 0 Å². The normalized spacial score (nSPS) is 10.7. The third-order valence-electron chi connectivity index (χ3n) is 2.21. The van der Waals surface area contributed by atoms with Crippen LogP contribution in [-0.2, 0) is 0 Å². The summed E-state index contributed by atoms with van der Waals surface area (Å²) < 4.78 is 0. The lowest BCUT2D eigenvalue weighted by Crippen LogP contribution is -2.16. The molecule has 0 bridgehead atoms. The largest absolute Gasteiger partial charge is 0.396 e. The average molecular weight is 219 g/mol. The second-order valence-corrected chi connectivity index (χ2v) is 4.57. The van der Waals surface area contributed by atoms with Crippen molar-refractivity contribution in [2.24, 2.45) is 0 Å². The Morgan fingerprint density at radius 3 is 2.21 bits per heavy atom. The number of rotatable bonds is 11. The van der Waals surface area contributed by atoms with Crippen molar-refractivity contribution < 1.29 is 5.11 Å². The van der Waals surface area contributed by atoms with Crippen LogP contribution in [0.1, 0.15) is 38.5 Å². The third kappa shape index (κ3) is 12.3. The van der Waals surface area contributed by atoms with E-state index in [4.69, 9.17) is 5.11 Å².